The highest BCUT2D eigenvalue weighted by molar-refractivity contribution is 6.33. The van der Waals surface area contributed by atoms with E-state index in [0.29, 0.717) is 17.1 Å². The standard InChI is InChI=1S/C11H9ClN2O2/c12-9-3-1-2-4-10(9)14-8(7-13)5-6-16-11(14)15/h1-4,8H,5-6H2. The molecule has 82 valence electrons. The topological polar surface area (TPSA) is 53.3 Å². The van der Waals surface area contributed by atoms with Gasteiger partial charge in [-0.3, -0.25) is 4.90 Å². The highest BCUT2D eigenvalue weighted by Gasteiger charge is 2.31. The molecule has 1 atom stereocenters. The number of anilines is 1. The molecule has 1 aliphatic heterocycles. The molecule has 0 radical (unpaired) electrons. The van der Waals surface area contributed by atoms with E-state index in [1.54, 1.807) is 24.3 Å². The molecule has 0 bridgehead atoms. The van der Waals surface area contributed by atoms with Crippen molar-refractivity contribution >= 4 is 23.4 Å². The first-order chi connectivity index (χ1) is 7.74. The van der Waals surface area contributed by atoms with Crippen LogP contribution in [0.1, 0.15) is 6.42 Å². The Bertz CT molecular complexity index is 456. The minimum atomic E-state index is -0.522. The molecule has 1 heterocycles. The summed E-state index contributed by atoms with van der Waals surface area (Å²) in [6, 6.07) is 8.46. The number of cyclic esters (lactones) is 1. The lowest BCUT2D eigenvalue weighted by Crippen LogP contribution is -2.45. The Kier molecular flexibility index (Phi) is 2.97. The smallest absolute Gasteiger partial charge is 0.415 e. The van der Waals surface area contributed by atoms with Crippen molar-refractivity contribution in [1.29, 1.82) is 5.26 Å². The summed E-state index contributed by atoms with van der Waals surface area (Å²) >= 11 is 5.99. The van der Waals surface area contributed by atoms with Crippen LogP contribution < -0.4 is 4.90 Å². The van der Waals surface area contributed by atoms with Gasteiger partial charge in [0.25, 0.3) is 0 Å². The lowest BCUT2D eigenvalue weighted by molar-refractivity contribution is 0.134. The van der Waals surface area contributed by atoms with E-state index in [1.807, 2.05) is 0 Å². The number of halogens is 1. The SMILES string of the molecule is N#CC1CCOC(=O)N1c1ccccc1Cl. The van der Waals surface area contributed by atoms with Crippen molar-refractivity contribution in [2.24, 2.45) is 0 Å². The van der Waals surface area contributed by atoms with Crippen LogP contribution >= 0.6 is 11.6 Å². The van der Waals surface area contributed by atoms with Gasteiger partial charge in [0.1, 0.15) is 6.04 Å². The molecule has 1 amide bonds. The molecule has 5 heteroatoms. The molecular weight excluding hydrogens is 228 g/mol. The van der Waals surface area contributed by atoms with Crippen molar-refractivity contribution in [2.45, 2.75) is 12.5 Å². The van der Waals surface area contributed by atoms with Gasteiger partial charge >= 0.3 is 6.09 Å². The Morgan fingerprint density at radius 3 is 2.94 bits per heavy atom. The molecule has 2 rings (SSSR count). The molecule has 0 N–H and O–H groups in total. The maximum atomic E-state index is 11.6. The van der Waals surface area contributed by atoms with E-state index in [0.717, 1.165) is 0 Å². The van der Waals surface area contributed by atoms with Gasteiger partial charge in [0, 0.05) is 6.42 Å². The number of rotatable bonds is 1. The van der Waals surface area contributed by atoms with Crippen molar-refractivity contribution in [1.82, 2.24) is 0 Å². The van der Waals surface area contributed by atoms with Crippen molar-refractivity contribution in [3.8, 4) is 6.07 Å². The van der Waals surface area contributed by atoms with Crippen LogP contribution in [0.25, 0.3) is 0 Å². The molecule has 1 aliphatic rings. The van der Waals surface area contributed by atoms with Crippen LogP contribution in [0.2, 0.25) is 5.02 Å². The molecular formula is C11H9ClN2O2. The van der Waals surface area contributed by atoms with Gasteiger partial charge in [0.15, 0.2) is 0 Å². The van der Waals surface area contributed by atoms with Crippen LogP contribution in [0, 0.1) is 11.3 Å². The normalized spacial score (nSPS) is 20.1. The lowest BCUT2D eigenvalue weighted by atomic mass is 10.1. The molecule has 0 saturated carbocycles. The first-order valence-electron chi connectivity index (χ1n) is 4.84. The Labute approximate surface area is 98.0 Å². The van der Waals surface area contributed by atoms with Gasteiger partial charge in [-0.05, 0) is 12.1 Å². The van der Waals surface area contributed by atoms with Gasteiger partial charge in [0.2, 0.25) is 0 Å². The van der Waals surface area contributed by atoms with Crippen LogP contribution in [0.3, 0.4) is 0 Å². The zero-order valence-electron chi connectivity index (χ0n) is 8.39. The van der Waals surface area contributed by atoms with Gasteiger partial charge in [0.05, 0.1) is 23.4 Å². The molecule has 1 aromatic carbocycles. The van der Waals surface area contributed by atoms with Crippen molar-refractivity contribution in [3.05, 3.63) is 29.3 Å². The van der Waals surface area contributed by atoms with Gasteiger partial charge in [-0.2, -0.15) is 5.26 Å². The largest absolute Gasteiger partial charge is 0.449 e. The van der Waals surface area contributed by atoms with E-state index in [9.17, 15) is 4.79 Å². The van der Waals surface area contributed by atoms with Gasteiger partial charge in [-0.1, -0.05) is 23.7 Å². The number of amides is 1. The molecule has 16 heavy (non-hydrogen) atoms. The summed E-state index contributed by atoms with van der Waals surface area (Å²) in [4.78, 5) is 12.9. The fraction of sp³-hybridized carbons (Fsp3) is 0.273. The summed E-state index contributed by atoms with van der Waals surface area (Å²) in [6.07, 6.45) is -0.0288. The molecule has 0 aromatic heterocycles. The van der Waals surface area contributed by atoms with Crippen LogP contribution in [-0.2, 0) is 4.74 Å². The summed E-state index contributed by atoms with van der Waals surface area (Å²) in [5.41, 5.74) is 0.514. The Morgan fingerprint density at radius 1 is 1.50 bits per heavy atom. The maximum Gasteiger partial charge on any atom is 0.415 e. The van der Waals surface area contributed by atoms with Gasteiger partial charge in [-0.25, -0.2) is 4.79 Å². The fourth-order valence-electron chi connectivity index (χ4n) is 1.62. The first kappa shape index (κ1) is 10.8. The highest BCUT2D eigenvalue weighted by Crippen LogP contribution is 2.29. The average molecular weight is 237 g/mol. The maximum absolute atomic E-state index is 11.6. The van der Waals surface area contributed by atoms with Crippen molar-refractivity contribution < 1.29 is 9.53 Å². The minimum Gasteiger partial charge on any atom is -0.449 e. The second-order valence-corrected chi connectivity index (χ2v) is 3.78. The predicted molar refractivity (Wildman–Crippen MR) is 59.3 cm³/mol. The number of hydrogen-bond acceptors (Lipinski definition) is 3. The zero-order valence-corrected chi connectivity index (χ0v) is 9.15. The van der Waals surface area contributed by atoms with Crippen LogP contribution in [0.15, 0.2) is 24.3 Å². The molecule has 1 fully saturated rings. The van der Waals surface area contributed by atoms with E-state index in [2.05, 4.69) is 6.07 Å². The number of carbonyl (C=O) groups is 1. The molecule has 1 saturated heterocycles. The summed E-state index contributed by atoms with van der Waals surface area (Å²) in [7, 11) is 0. The second-order valence-electron chi connectivity index (χ2n) is 3.37. The monoisotopic (exact) mass is 236 g/mol. The number of para-hydroxylation sites is 1. The Balaban J connectivity index is 2.40. The van der Waals surface area contributed by atoms with Crippen molar-refractivity contribution in [3.63, 3.8) is 0 Å². The van der Waals surface area contributed by atoms with E-state index < -0.39 is 12.1 Å². The summed E-state index contributed by atoms with van der Waals surface area (Å²) in [5, 5.41) is 9.42. The Morgan fingerprint density at radius 2 is 2.25 bits per heavy atom. The van der Waals surface area contributed by atoms with E-state index in [1.165, 1.54) is 4.90 Å². The minimum absolute atomic E-state index is 0.276. The number of carbonyl (C=O) groups excluding carboxylic acids is 1. The molecule has 1 aromatic rings. The third-order valence-corrected chi connectivity index (χ3v) is 2.71. The highest BCUT2D eigenvalue weighted by atomic mass is 35.5. The van der Waals surface area contributed by atoms with Crippen LogP contribution in [-0.4, -0.2) is 18.7 Å². The molecule has 0 spiro atoms. The number of benzene rings is 1. The van der Waals surface area contributed by atoms with Crippen LogP contribution in [0.5, 0.6) is 0 Å². The average Bonchev–Trinajstić information content (AvgIpc) is 2.30. The Hall–Kier alpha value is -1.73. The summed E-state index contributed by atoms with van der Waals surface area (Å²) in [6.45, 7) is 0.276. The number of nitrogens with zero attached hydrogens (tertiary/aromatic N) is 2. The summed E-state index contributed by atoms with van der Waals surface area (Å²) in [5.74, 6) is 0. The number of ether oxygens (including phenoxy) is 1. The van der Waals surface area contributed by atoms with Gasteiger partial charge < -0.3 is 4.74 Å². The van der Waals surface area contributed by atoms with Crippen molar-refractivity contribution in [2.75, 3.05) is 11.5 Å². The van der Waals surface area contributed by atoms with Gasteiger partial charge in [-0.15, -0.1) is 0 Å². The predicted octanol–water partition coefficient (Wildman–Crippen LogP) is 2.58. The quantitative estimate of drug-likeness (QED) is 0.753. The third-order valence-electron chi connectivity index (χ3n) is 2.39. The lowest BCUT2D eigenvalue weighted by Gasteiger charge is -2.31. The van der Waals surface area contributed by atoms with E-state index in [4.69, 9.17) is 21.6 Å². The van der Waals surface area contributed by atoms with Crippen LogP contribution in [0.4, 0.5) is 10.5 Å². The summed E-state index contributed by atoms with van der Waals surface area (Å²) < 4.78 is 4.91. The first-order valence-corrected chi connectivity index (χ1v) is 5.22. The fourth-order valence-corrected chi connectivity index (χ4v) is 1.85. The molecule has 0 aliphatic carbocycles. The third kappa shape index (κ3) is 1.82. The zero-order chi connectivity index (χ0) is 11.5. The molecule has 4 nitrogen and oxygen atoms in total. The van der Waals surface area contributed by atoms with E-state index >= 15 is 0 Å². The van der Waals surface area contributed by atoms with E-state index in [-0.39, 0.29) is 6.61 Å². The number of nitriles is 1. The number of hydrogen-bond donors (Lipinski definition) is 0. The second kappa shape index (κ2) is 4.42. The molecule has 1 unspecified atom stereocenters.